The van der Waals surface area contributed by atoms with Crippen LogP contribution in [0.4, 0.5) is 16.6 Å². The number of benzene rings is 1. The zero-order chi connectivity index (χ0) is 24.9. The number of anilines is 2. The molecule has 2 heterocycles. The van der Waals surface area contributed by atoms with Gasteiger partial charge in [-0.2, -0.15) is 4.98 Å². The van der Waals surface area contributed by atoms with Crippen LogP contribution in [0.3, 0.4) is 0 Å². The Morgan fingerprint density at radius 3 is 2.59 bits per heavy atom. The van der Waals surface area contributed by atoms with Crippen molar-refractivity contribution in [3.63, 3.8) is 0 Å². The van der Waals surface area contributed by atoms with E-state index >= 15 is 0 Å². The Morgan fingerprint density at radius 1 is 1.18 bits per heavy atom. The van der Waals surface area contributed by atoms with Gasteiger partial charge in [-0.15, -0.1) is 0 Å². The number of aromatic nitrogens is 3. The largest absolute Gasteiger partial charge is 0.497 e. The molecular formula is C24H32N6O4. The second-order valence-corrected chi connectivity index (χ2v) is 8.91. The van der Waals surface area contributed by atoms with Gasteiger partial charge in [0.05, 0.1) is 19.7 Å². The van der Waals surface area contributed by atoms with Crippen LogP contribution < -0.4 is 20.1 Å². The lowest BCUT2D eigenvalue weighted by Gasteiger charge is -2.35. The van der Waals surface area contributed by atoms with E-state index in [4.69, 9.17) is 9.47 Å². The van der Waals surface area contributed by atoms with Crippen LogP contribution >= 0.6 is 0 Å². The number of pyridine rings is 1. The van der Waals surface area contributed by atoms with E-state index in [0.29, 0.717) is 40.8 Å². The van der Waals surface area contributed by atoms with Gasteiger partial charge in [-0.1, -0.05) is 0 Å². The van der Waals surface area contributed by atoms with Crippen molar-refractivity contribution < 1.29 is 19.4 Å². The molecule has 0 saturated heterocycles. The molecule has 2 aromatic heterocycles. The maximum Gasteiger partial charge on any atom is 0.407 e. The highest BCUT2D eigenvalue weighted by atomic mass is 16.5. The van der Waals surface area contributed by atoms with Crippen LogP contribution in [-0.2, 0) is 6.54 Å². The van der Waals surface area contributed by atoms with E-state index in [2.05, 4.69) is 25.6 Å². The summed E-state index contributed by atoms with van der Waals surface area (Å²) in [5.74, 6) is 2.34. The third-order valence-electron chi connectivity index (χ3n) is 5.27. The number of hydrogen-bond donors (Lipinski definition) is 3. The second kappa shape index (κ2) is 10.4. The quantitative estimate of drug-likeness (QED) is 0.423. The first-order valence-corrected chi connectivity index (χ1v) is 11.0. The predicted octanol–water partition coefficient (Wildman–Crippen LogP) is 4.23. The van der Waals surface area contributed by atoms with Crippen molar-refractivity contribution in [2.24, 2.45) is 0 Å². The molecule has 0 radical (unpaired) electrons. The molecule has 0 aliphatic heterocycles. The Balaban J connectivity index is 1.84. The zero-order valence-electron chi connectivity index (χ0n) is 20.4. The van der Waals surface area contributed by atoms with Crippen molar-refractivity contribution in [2.75, 3.05) is 31.4 Å². The summed E-state index contributed by atoms with van der Waals surface area (Å²) in [4.78, 5) is 26.8. The van der Waals surface area contributed by atoms with E-state index in [-0.39, 0.29) is 12.6 Å². The number of hydrogen-bond acceptors (Lipinski definition) is 8. The predicted molar refractivity (Wildman–Crippen MR) is 132 cm³/mol. The van der Waals surface area contributed by atoms with Crippen molar-refractivity contribution in [1.82, 2.24) is 19.9 Å². The molecule has 3 N–H and O–H groups in total. The Labute approximate surface area is 199 Å². The highest BCUT2D eigenvalue weighted by molar-refractivity contribution is 5.86. The minimum Gasteiger partial charge on any atom is -0.497 e. The summed E-state index contributed by atoms with van der Waals surface area (Å²) in [7, 11) is 3.22. The molecule has 1 atom stereocenters. The summed E-state index contributed by atoms with van der Waals surface area (Å²) in [5, 5.41) is 16.2. The van der Waals surface area contributed by atoms with Crippen LogP contribution in [0.25, 0.3) is 11.0 Å². The molecule has 0 aliphatic carbocycles. The highest BCUT2D eigenvalue weighted by Crippen LogP contribution is 2.26. The van der Waals surface area contributed by atoms with E-state index in [0.717, 1.165) is 5.56 Å². The molecule has 182 valence electrons. The van der Waals surface area contributed by atoms with E-state index in [1.165, 1.54) is 4.90 Å². The summed E-state index contributed by atoms with van der Waals surface area (Å²) in [5.41, 5.74) is 1.67. The summed E-state index contributed by atoms with van der Waals surface area (Å²) in [6, 6.07) is 9.05. The maximum atomic E-state index is 11.7. The smallest absolute Gasteiger partial charge is 0.407 e. The molecular weight excluding hydrogens is 436 g/mol. The molecule has 1 aromatic carbocycles. The van der Waals surface area contributed by atoms with Gasteiger partial charge in [0, 0.05) is 42.5 Å². The fourth-order valence-corrected chi connectivity index (χ4v) is 3.51. The summed E-state index contributed by atoms with van der Waals surface area (Å²) >= 11 is 0. The molecule has 0 aliphatic rings. The number of fused-ring (bicyclic) bond motifs is 1. The van der Waals surface area contributed by atoms with Gasteiger partial charge in [0.1, 0.15) is 17.0 Å². The Morgan fingerprint density at radius 2 is 1.94 bits per heavy atom. The molecule has 0 fully saturated rings. The molecule has 34 heavy (non-hydrogen) atoms. The van der Waals surface area contributed by atoms with Crippen molar-refractivity contribution in [1.29, 1.82) is 0 Å². The number of methoxy groups -OCH3 is 2. The summed E-state index contributed by atoms with van der Waals surface area (Å²) < 4.78 is 10.7. The van der Waals surface area contributed by atoms with E-state index in [1.54, 1.807) is 20.4 Å². The normalized spacial score (nSPS) is 12.2. The Hall–Kier alpha value is -3.82. The number of carboxylic acid groups (broad SMARTS) is 1. The summed E-state index contributed by atoms with van der Waals surface area (Å²) in [6.45, 7) is 8.22. The van der Waals surface area contributed by atoms with E-state index < -0.39 is 11.6 Å². The first-order chi connectivity index (χ1) is 16.1. The fourth-order valence-electron chi connectivity index (χ4n) is 3.51. The van der Waals surface area contributed by atoms with Gasteiger partial charge in [-0.25, -0.2) is 9.78 Å². The maximum absolute atomic E-state index is 11.7. The summed E-state index contributed by atoms with van der Waals surface area (Å²) in [6.07, 6.45) is 0.706. The number of nitrogens with one attached hydrogen (secondary N) is 2. The van der Waals surface area contributed by atoms with Crippen LogP contribution in [-0.4, -0.2) is 63.4 Å². The average Bonchev–Trinajstić information content (AvgIpc) is 2.80. The lowest BCUT2D eigenvalue weighted by Crippen LogP contribution is -2.49. The van der Waals surface area contributed by atoms with Gasteiger partial charge in [-0.3, -0.25) is 4.98 Å². The number of amides is 1. The second-order valence-electron chi connectivity index (χ2n) is 8.91. The van der Waals surface area contributed by atoms with Gasteiger partial charge in [0.25, 0.3) is 0 Å². The first kappa shape index (κ1) is 24.8. The third kappa shape index (κ3) is 5.94. The van der Waals surface area contributed by atoms with Crippen LogP contribution in [0.15, 0.2) is 36.5 Å². The minimum atomic E-state index is -0.970. The van der Waals surface area contributed by atoms with Crippen molar-refractivity contribution >= 4 is 28.9 Å². The van der Waals surface area contributed by atoms with Gasteiger partial charge < -0.3 is 30.1 Å². The Kier molecular flexibility index (Phi) is 7.60. The highest BCUT2D eigenvalue weighted by Gasteiger charge is 2.27. The molecule has 10 nitrogen and oxygen atoms in total. The lowest BCUT2D eigenvalue weighted by molar-refractivity contribution is 0.0984. The van der Waals surface area contributed by atoms with E-state index in [1.807, 2.05) is 58.0 Å². The SMILES string of the molecule is COc1ccc(CNc2nc(N[C@@H](C)CN(C(=O)O)C(C)(C)C)c3ncccc3n2)c(OC)c1. The van der Waals surface area contributed by atoms with Crippen molar-refractivity contribution in [2.45, 2.75) is 45.8 Å². The minimum absolute atomic E-state index is 0.218. The number of rotatable bonds is 9. The topological polar surface area (TPSA) is 122 Å². The number of carbonyl (C=O) groups is 1. The molecule has 0 spiro atoms. The lowest BCUT2D eigenvalue weighted by atomic mass is 10.1. The number of ether oxygens (including phenoxy) is 2. The van der Waals surface area contributed by atoms with Gasteiger partial charge in [-0.05, 0) is 52.0 Å². The van der Waals surface area contributed by atoms with Gasteiger partial charge in [0.2, 0.25) is 5.95 Å². The molecule has 0 bridgehead atoms. The average molecular weight is 469 g/mol. The van der Waals surface area contributed by atoms with E-state index in [9.17, 15) is 9.90 Å². The monoisotopic (exact) mass is 468 g/mol. The molecule has 0 saturated carbocycles. The Bertz CT molecular complexity index is 1150. The van der Waals surface area contributed by atoms with Gasteiger partial charge in [0.15, 0.2) is 5.82 Å². The van der Waals surface area contributed by atoms with Crippen LogP contribution in [0, 0.1) is 0 Å². The number of nitrogens with zero attached hydrogens (tertiary/aromatic N) is 4. The molecule has 0 unspecified atom stereocenters. The third-order valence-corrected chi connectivity index (χ3v) is 5.27. The zero-order valence-corrected chi connectivity index (χ0v) is 20.4. The molecule has 1 amide bonds. The fraction of sp³-hybridized carbons (Fsp3) is 0.417. The first-order valence-electron chi connectivity index (χ1n) is 11.0. The van der Waals surface area contributed by atoms with Crippen LogP contribution in [0.1, 0.15) is 33.3 Å². The van der Waals surface area contributed by atoms with Crippen LogP contribution in [0.5, 0.6) is 11.5 Å². The standard InChI is InChI=1S/C24H32N6O4/c1-15(14-30(23(31)32)24(2,3)4)27-21-20-18(8-7-11-25-20)28-22(29-21)26-13-16-9-10-17(33-5)12-19(16)34-6/h7-12,15H,13-14H2,1-6H3,(H,31,32)(H2,26,27,28,29)/t15-/m0/s1. The molecule has 3 aromatic rings. The van der Waals surface area contributed by atoms with Gasteiger partial charge >= 0.3 is 6.09 Å². The van der Waals surface area contributed by atoms with Crippen molar-refractivity contribution in [3.8, 4) is 11.5 Å². The van der Waals surface area contributed by atoms with Crippen molar-refractivity contribution in [3.05, 3.63) is 42.1 Å². The molecule has 3 rings (SSSR count). The van der Waals surface area contributed by atoms with Crippen LogP contribution in [0.2, 0.25) is 0 Å². The molecule has 10 heteroatoms.